The predicted molar refractivity (Wildman–Crippen MR) is 55.9 cm³/mol. The lowest BCUT2D eigenvalue weighted by molar-refractivity contribution is -0.116. The Bertz CT molecular complexity index is 377. The zero-order valence-electron chi connectivity index (χ0n) is 8.39. The number of aromatic nitrogens is 1. The summed E-state index contributed by atoms with van der Waals surface area (Å²) in [6, 6.07) is 0. The van der Waals surface area contributed by atoms with Crippen LogP contribution in [-0.4, -0.2) is 37.6 Å². The summed E-state index contributed by atoms with van der Waals surface area (Å²) in [5.41, 5.74) is 5.26. The van der Waals surface area contributed by atoms with Crippen LogP contribution in [0.1, 0.15) is 10.5 Å². The Kier molecular flexibility index (Phi) is 3.62. The van der Waals surface area contributed by atoms with Crippen molar-refractivity contribution in [3.05, 3.63) is 11.1 Å². The average molecular weight is 229 g/mol. The van der Waals surface area contributed by atoms with Gasteiger partial charge in [0.2, 0.25) is 5.91 Å². The Morgan fingerprint density at radius 3 is 2.87 bits per heavy atom. The van der Waals surface area contributed by atoms with E-state index in [1.165, 1.54) is 18.4 Å². The van der Waals surface area contributed by atoms with Crippen molar-refractivity contribution in [1.29, 1.82) is 0 Å². The second-order valence-corrected chi connectivity index (χ2v) is 3.67. The van der Waals surface area contributed by atoms with Gasteiger partial charge in [-0.25, -0.2) is 9.78 Å². The van der Waals surface area contributed by atoms with E-state index in [0.29, 0.717) is 5.13 Å². The van der Waals surface area contributed by atoms with Gasteiger partial charge in [0.15, 0.2) is 10.8 Å². The molecule has 0 aliphatic heterocycles. The van der Waals surface area contributed by atoms with Crippen LogP contribution in [0.2, 0.25) is 0 Å². The van der Waals surface area contributed by atoms with E-state index in [1.807, 2.05) is 0 Å². The Balaban J connectivity index is 2.75. The molecular formula is C8H11N3O3S. The fourth-order valence-electron chi connectivity index (χ4n) is 0.939. The molecule has 1 rings (SSSR count). The summed E-state index contributed by atoms with van der Waals surface area (Å²) in [4.78, 5) is 27.3. The van der Waals surface area contributed by atoms with Gasteiger partial charge in [-0.05, 0) is 0 Å². The van der Waals surface area contributed by atoms with E-state index in [4.69, 9.17) is 5.73 Å². The molecule has 0 spiro atoms. The molecule has 1 amide bonds. The molecule has 2 N–H and O–H groups in total. The number of ether oxygens (including phenoxy) is 1. The molecule has 1 aromatic rings. The molecule has 0 fully saturated rings. The summed E-state index contributed by atoms with van der Waals surface area (Å²) in [6.45, 7) is 0.0636. The number of rotatable bonds is 4. The molecule has 0 aliphatic rings. The number of esters is 1. The normalized spacial score (nSPS) is 9.73. The summed E-state index contributed by atoms with van der Waals surface area (Å²) < 4.78 is 4.51. The van der Waals surface area contributed by atoms with Crippen LogP contribution in [0.25, 0.3) is 0 Å². The predicted octanol–water partition coefficient (Wildman–Crippen LogP) is -0.149. The number of nitrogens with two attached hydrogens (primary N) is 1. The molecule has 1 heterocycles. The molecule has 0 saturated heterocycles. The van der Waals surface area contributed by atoms with Crippen molar-refractivity contribution in [3.8, 4) is 0 Å². The molecule has 15 heavy (non-hydrogen) atoms. The van der Waals surface area contributed by atoms with Gasteiger partial charge in [-0.3, -0.25) is 4.79 Å². The molecule has 0 atom stereocenters. The van der Waals surface area contributed by atoms with Gasteiger partial charge in [-0.15, -0.1) is 11.3 Å². The van der Waals surface area contributed by atoms with Crippen LogP contribution in [0.3, 0.4) is 0 Å². The van der Waals surface area contributed by atoms with E-state index in [-0.39, 0.29) is 12.2 Å². The zero-order chi connectivity index (χ0) is 11.4. The highest BCUT2D eigenvalue weighted by atomic mass is 32.1. The maximum absolute atomic E-state index is 11.1. The zero-order valence-corrected chi connectivity index (χ0v) is 9.21. The van der Waals surface area contributed by atoms with E-state index < -0.39 is 11.9 Å². The van der Waals surface area contributed by atoms with E-state index in [0.717, 1.165) is 0 Å². The highest BCUT2D eigenvalue weighted by Crippen LogP contribution is 2.19. The molecule has 0 saturated carbocycles. The van der Waals surface area contributed by atoms with Crippen molar-refractivity contribution in [2.75, 3.05) is 25.6 Å². The molecule has 82 valence electrons. The molecule has 0 aromatic carbocycles. The molecule has 1 aromatic heterocycles. The van der Waals surface area contributed by atoms with E-state index in [9.17, 15) is 9.59 Å². The molecule has 0 bridgehead atoms. The first-order valence-electron chi connectivity index (χ1n) is 4.08. The minimum Gasteiger partial charge on any atom is -0.464 e. The summed E-state index contributed by atoms with van der Waals surface area (Å²) in [5, 5.41) is 2.12. The van der Waals surface area contributed by atoms with Gasteiger partial charge >= 0.3 is 5.97 Å². The number of hydrogen-bond acceptors (Lipinski definition) is 6. The molecule has 0 aliphatic carbocycles. The van der Waals surface area contributed by atoms with Crippen LogP contribution < -0.4 is 10.6 Å². The van der Waals surface area contributed by atoms with Crippen LogP contribution in [0.4, 0.5) is 5.13 Å². The maximum atomic E-state index is 11.1. The first-order chi connectivity index (χ1) is 7.04. The number of hydrogen-bond donors (Lipinski definition) is 1. The first-order valence-corrected chi connectivity index (χ1v) is 4.96. The molecule has 0 radical (unpaired) electrons. The van der Waals surface area contributed by atoms with Crippen molar-refractivity contribution in [3.63, 3.8) is 0 Å². The summed E-state index contributed by atoms with van der Waals surface area (Å²) >= 11 is 1.25. The lowest BCUT2D eigenvalue weighted by atomic mass is 10.5. The van der Waals surface area contributed by atoms with Crippen LogP contribution >= 0.6 is 11.3 Å². The molecule has 6 nitrogen and oxygen atoms in total. The van der Waals surface area contributed by atoms with Gasteiger partial charge in [-0.1, -0.05) is 0 Å². The van der Waals surface area contributed by atoms with E-state index in [1.54, 1.807) is 17.3 Å². The van der Waals surface area contributed by atoms with Crippen molar-refractivity contribution in [1.82, 2.24) is 4.98 Å². The SMILES string of the molecule is COC(=O)c1csc(N(C)CC(N)=O)n1. The Labute approximate surface area is 90.7 Å². The Morgan fingerprint density at radius 2 is 2.33 bits per heavy atom. The van der Waals surface area contributed by atoms with Crippen LogP contribution in [0.15, 0.2) is 5.38 Å². The van der Waals surface area contributed by atoms with Gasteiger partial charge in [0.05, 0.1) is 13.7 Å². The molecular weight excluding hydrogens is 218 g/mol. The van der Waals surface area contributed by atoms with E-state index >= 15 is 0 Å². The number of primary amides is 1. The Hall–Kier alpha value is -1.63. The van der Waals surface area contributed by atoms with Crippen molar-refractivity contribution in [2.45, 2.75) is 0 Å². The van der Waals surface area contributed by atoms with Crippen LogP contribution in [0, 0.1) is 0 Å². The van der Waals surface area contributed by atoms with Crippen molar-refractivity contribution < 1.29 is 14.3 Å². The second kappa shape index (κ2) is 4.74. The largest absolute Gasteiger partial charge is 0.464 e. The van der Waals surface area contributed by atoms with Gasteiger partial charge in [0, 0.05) is 12.4 Å². The average Bonchev–Trinajstić information content (AvgIpc) is 2.64. The number of methoxy groups -OCH3 is 1. The summed E-state index contributed by atoms with van der Waals surface area (Å²) in [6.07, 6.45) is 0. The Morgan fingerprint density at radius 1 is 1.67 bits per heavy atom. The third kappa shape index (κ3) is 2.91. The topological polar surface area (TPSA) is 85.5 Å². The fraction of sp³-hybridized carbons (Fsp3) is 0.375. The van der Waals surface area contributed by atoms with Gasteiger partial charge < -0.3 is 15.4 Å². The number of anilines is 1. The van der Waals surface area contributed by atoms with Gasteiger partial charge in [0.25, 0.3) is 0 Å². The number of nitrogens with zero attached hydrogens (tertiary/aromatic N) is 2. The monoisotopic (exact) mass is 229 g/mol. The van der Waals surface area contributed by atoms with Crippen molar-refractivity contribution >= 4 is 28.3 Å². The fourth-order valence-corrected chi connectivity index (χ4v) is 1.70. The standard InChI is InChI=1S/C8H11N3O3S/c1-11(3-6(9)12)8-10-5(4-15-8)7(13)14-2/h4H,3H2,1-2H3,(H2,9,12). The minimum atomic E-state index is -0.495. The second-order valence-electron chi connectivity index (χ2n) is 2.83. The van der Waals surface area contributed by atoms with E-state index in [2.05, 4.69) is 9.72 Å². The van der Waals surface area contributed by atoms with Gasteiger partial charge in [0.1, 0.15) is 0 Å². The minimum absolute atomic E-state index is 0.0636. The van der Waals surface area contributed by atoms with Crippen LogP contribution in [-0.2, 0) is 9.53 Å². The third-order valence-corrected chi connectivity index (χ3v) is 2.56. The lowest BCUT2D eigenvalue weighted by Crippen LogP contribution is -2.30. The number of carbonyl (C=O) groups excluding carboxylic acids is 2. The molecule has 0 unspecified atom stereocenters. The first kappa shape index (κ1) is 11.4. The smallest absolute Gasteiger partial charge is 0.357 e. The number of likely N-dealkylation sites (N-methyl/N-ethyl adjacent to an activating group) is 1. The van der Waals surface area contributed by atoms with Crippen LogP contribution in [0.5, 0.6) is 0 Å². The summed E-state index contributed by atoms with van der Waals surface area (Å²) in [5.74, 6) is -0.947. The highest BCUT2D eigenvalue weighted by Gasteiger charge is 2.13. The summed E-state index contributed by atoms with van der Waals surface area (Å²) in [7, 11) is 2.96. The maximum Gasteiger partial charge on any atom is 0.357 e. The lowest BCUT2D eigenvalue weighted by Gasteiger charge is -2.12. The third-order valence-electron chi connectivity index (χ3n) is 1.61. The number of thiazole rings is 1. The highest BCUT2D eigenvalue weighted by molar-refractivity contribution is 7.13. The quantitative estimate of drug-likeness (QED) is 0.726. The molecule has 7 heteroatoms. The number of carbonyl (C=O) groups is 2. The van der Waals surface area contributed by atoms with Gasteiger partial charge in [-0.2, -0.15) is 0 Å². The number of amides is 1. The van der Waals surface area contributed by atoms with Crippen molar-refractivity contribution in [2.24, 2.45) is 5.73 Å².